The van der Waals surface area contributed by atoms with E-state index in [1.54, 1.807) is 12.1 Å². The largest absolute Gasteiger partial charge is 0.340 e. The summed E-state index contributed by atoms with van der Waals surface area (Å²) in [5.41, 5.74) is 3.54. The van der Waals surface area contributed by atoms with Crippen molar-refractivity contribution < 1.29 is 13.2 Å². The van der Waals surface area contributed by atoms with Crippen molar-refractivity contribution >= 4 is 55.8 Å². The molecule has 2 N–H and O–H groups in total. The highest BCUT2D eigenvalue weighted by Crippen LogP contribution is 2.32. The van der Waals surface area contributed by atoms with Gasteiger partial charge in [0.15, 0.2) is 0 Å². The number of aromatic nitrogens is 3. The minimum absolute atomic E-state index is 0.142. The number of likely N-dealkylation sites (N-methyl/N-ethyl adjacent to an activating group) is 1. The number of sulfonamides is 1. The second-order valence-corrected chi connectivity index (χ2v) is 12.1. The Morgan fingerprint density at radius 3 is 2.35 bits per heavy atom. The smallest absolute Gasteiger partial charge is 0.232 e. The van der Waals surface area contributed by atoms with Gasteiger partial charge in [0.25, 0.3) is 0 Å². The fourth-order valence-electron chi connectivity index (χ4n) is 4.63. The van der Waals surface area contributed by atoms with Crippen LogP contribution in [0.4, 0.5) is 28.8 Å². The summed E-state index contributed by atoms with van der Waals surface area (Å²) in [5, 5.41) is 7.38. The van der Waals surface area contributed by atoms with Gasteiger partial charge in [0, 0.05) is 52.2 Å². The van der Waals surface area contributed by atoms with Gasteiger partial charge >= 0.3 is 0 Å². The molecule has 11 nitrogen and oxygen atoms in total. The highest BCUT2D eigenvalue weighted by molar-refractivity contribution is 7.92. The average molecular weight is 563 g/mol. The highest BCUT2D eigenvalue weighted by Gasteiger charge is 2.20. The number of hydrogen-bond donors (Lipinski definition) is 2. The molecule has 0 aliphatic carbocycles. The zero-order chi connectivity index (χ0) is 28.4. The van der Waals surface area contributed by atoms with Gasteiger partial charge < -0.3 is 25.0 Å². The first-order valence-corrected chi connectivity index (χ1v) is 14.9. The maximum Gasteiger partial charge on any atom is 0.232 e. The lowest BCUT2D eigenvalue weighted by atomic mass is 10.1. The maximum atomic E-state index is 12.7. The zero-order valence-corrected chi connectivity index (χ0v) is 23.9. The van der Waals surface area contributed by atoms with E-state index in [4.69, 9.17) is 9.97 Å². The van der Waals surface area contributed by atoms with E-state index in [0.717, 1.165) is 42.8 Å². The number of piperazine rings is 1. The van der Waals surface area contributed by atoms with Crippen LogP contribution in [0, 0.1) is 0 Å². The molecule has 4 aromatic rings. The first kappa shape index (κ1) is 27.4. The summed E-state index contributed by atoms with van der Waals surface area (Å²) in [6, 6.07) is 16.8. The summed E-state index contributed by atoms with van der Waals surface area (Å²) in [6.07, 6.45) is 3.43. The number of aryl methyl sites for hydroxylation is 1. The number of carbonyl (C=O) groups is 1. The first-order chi connectivity index (χ1) is 19.1. The van der Waals surface area contributed by atoms with Crippen LogP contribution in [0.15, 0.2) is 60.8 Å². The van der Waals surface area contributed by atoms with Crippen LogP contribution in [0.3, 0.4) is 0 Å². The van der Waals surface area contributed by atoms with E-state index in [9.17, 15) is 13.2 Å². The maximum absolute atomic E-state index is 12.7. The number of anilines is 5. The summed E-state index contributed by atoms with van der Waals surface area (Å²) in [5.74, 6) is 1.06. The standard InChI is InChI=1S/C28H34N8O3S/c1-33-15-17-36(18-16-33)25(37)19-20-9-11-21(12-10-20)29-28-31-26(22-13-14-34(2)27(22)32-28)30-23-7-5-6-8-24(23)35(3)40(4,38)39/h5-14H,15-19H2,1-4H3,(H2,29,30,31,32). The lowest BCUT2D eigenvalue weighted by Crippen LogP contribution is -2.47. The van der Waals surface area contributed by atoms with Gasteiger partial charge in [0.1, 0.15) is 11.5 Å². The van der Waals surface area contributed by atoms with Crippen molar-refractivity contribution in [1.82, 2.24) is 24.3 Å². The third-order valence-electron chi connectivity index (χ3n) is 7.14. The van der Waals surface area contributed by atoms with E-state index in [0.29, 0.717) is 35.2 Å². The molecule has 210 valence electrons. The van der Waals surface area contributed by atoms with E-state index < -0.39 is 10.0 Å². The third-order valence-corrected chi connectivity index (χ3v) is 8.33. The van der Waals surface area contributed by atoms with Crippen molar-refractivity contribution in [3.63, 3.8) is 0 Å². The molecule has 1 aliphatic heterocycles. The number of para-hydroxylation sites is 2. The van der Waals surface area contributed by atoms with Gasteiger partial charge in [-0.15, -0.1) is 0 Å². The Bertz CT molecular complexity index is 1630. The van der Waals surface area contributed by atoms with Crippen molar-refractivity contribution in [2.24, 2.45) is 7.05 Å². The minimum Gasteiger partial charge on any atom is -0.340 e. The van der Waals surface area contributed by atoms with Gasteiger partial charge in [-0.05, 0) is 42.9 Å². The number of carbonyl (C=O) groups excluding carboxylic acids is 1. The molecule has 0 spiro atoms. The van der Waals surface area contributed by atoms with E-state index in [1.165, 1.54) is 17.6 Å². The zero-order valence-electron chi connectivity index (χ0n) is 23.1. The van der Waals surface area contributed by atoms with E-state index in [2.05, 4.69) is 22.6 Å². The number of rotatable bonds is 8. The predicted molar refractivity (Wildman–Crippen MR) is 159 cm³/mol. The first-order valence-electron chi connectivity index (χ1n) is 13.0. The average Bonchev–Trinajstić information content (AvgIpc) is 3.30. The van der Waals surface area contributed by atoms with Crippen LogP contribution in [0.2, 0.25) is 0 Å². The van der Waals surface area contributed by atoms with E-state index in [1.807, 2.05) is 65.2 Å². The third kappa shape index (κ3) is 6.02. The van der Waals surface area contributed by atoms with Crippen molar-refractivity contribution in [3.05, 3.63) is 66.4 Å². The molecule has 40 heavy (non-hydrogen) atoms. The molecule has 1 amide bonds. The fraction of sp³-hybridized carbons (Fsp3) is 0.321. The Morgan fingerprint density at radius 1 is 0.950 bits per heavy atom. The van der Waals surface area contributed by atoms with Crippen LogP contribution in [-0.2, 0) is 28.3 Å². The molecule has 0 atom stereocenters. The van der Waals surface area contributed by atoms with E-state index in [-0.39, 0.29) is 5.91 Å². The molecule has 1 aliphatic rings. The second-order valence-electron chi connectivity index (χ2n) is 10.1. The van der Waals surface area contributed by atoms with Gasteiger partial charge in [0.05, 0.1) is 29.4 Å². The van der Waals surface area contributed by atoms with Crippen LogP contribution in [0.25, 0.3) is 11.0 Å². The summed E-state index contributed by atoms with van der Waals surface area (Å²) >= 11 is 0. The second kappa shape index (κ2) is 11.1. The Kier molecular flexibility index (Phi) is 7.63. The molecule has 2 aromatic heterocycles. The predicted octanol–water partition coefficient (Wildman–Crippen LogP) is 3.17. The Morgan fingerprint density at radius 2 is 1.65 bits per heavy atom. The number of hydrogen-bond acceptors (Lipinski definition) is 8. The van der Waals surface area contributed by atoms with E-state index >= 15 is 0 Å². The minimum atomic E-state index is -3.46. The topological polar surface area (TPSA) is 116 Å². The SMILES string of the molecule is CN1CCN(C(=O)Cc2ccc(Nc3nc(Nc4ccccc4N(C)S(C)(=O)=O)c4ccn(C)c4n3)cc2)CC1. The molecule has 0 radical (unpaired) electrons. The lowest BCUT2D eigenvalue weighted by Gasteiger charge is -2.32. The monoisotopic (exact) mass is 562 g/mol. The van der Waals surface area contributed by atoms with Crippen molar-refractivity contribution in [2.75, 3.05) is 61.5 Å². The summed E-state index contributed by atoms with van der Waals surface area (Å²) in [4.78, 5) is 26.3. The molecule has 2 aromatic carbocycles. The van der Waals surface area contributed by atoms with Gasteiger partial charge in [-0.2, -0.15) is 9.97 Å². The number of nitrogens with zero attached hydrogens (tertiary/aromatic N) is 6. The van der Waals surface area contributed by atoms with Crippen LogP contribution in [-0.4, -0.2) is 85.2 Å². The van der Waals surface area contributed by atoms with Gasteiger partial charge in [-0.25, -0.2) is 8.42 Å². The molecule has 0 saturated carbocycles. The highest BCUT2D eigenvalue weighted by atomic mass is 32.2. The fourth-order valence-corrected chi connectivity index (χ4v) is 5.14. The lowest BCUT2D eigenvalue weighted by molar-refractivity contribution is -0.132. The molecule has 3 heterocycles. The normalized spacial score (nSPS) is 14.3. The molecule has 0 unspecified atom stereocenters. The summed E-state index contributed by atoms with van der Waals surface area (Å²) in [6.45, 7) is 3.33. The Balaban J connectivity index is 1.36. The van der Waals surface area contributed by atoms with Gasteiger partial charge in [-0.1, -0.05) is 24.3 Å². The van der Waals surface area contributed by atoms with Crippen LogP contribution in [0.1, 0.15) is 5.56 Å². The number of fused-ring (bicyclic) bond motifs is 1. The van der Waals surface area contributed by atoms with Gasteiger partial charge in [-0.3, -0.25) is 9.10 Å². The van der Waals surface area contributed by atoms with Crippen molar-refractivity contribution in [2.45, 2.75) is 6.42 Å². The molecule has 12 heteroatoms. The Labute approximate surface area is 234 Å². The molecule has 5 rings (SSSR count). The van der Waals surface area contributed by atoms with Crippen molar-refractivity contribution in [3.8, 4) is 0 Å². The molecular weight excluding hydrogens is 528 g/mol. The number of amides is 1. The molecule has 1 saturated heterocycles. The summed E-state index contributed by atoms with van der Waals surface area (Å²) in [7, 11) is 2.03. The quantitative estimate of drug-likeness (QED) is 0.337. The molecular formula is C28H34N8O3S. The van der Waals surface area contributed by atoms with Crippen LogP contribution >= 0.6 is 0 Å². The number of benzene rings is 2. The summed E-state index contributed by atoms with van der Waals surface area (Å²) < 4.78 is 27.6. The van der Waals surface area contributed by atoms with Crippen LogP contribution < -0.4 is 14.9 Å². The van der Waals surface area contributed by atoms with Crippen LogP contribution in [0.5, 0.6) is 0 Å². The number of nitrogens with one attached hydrogen (secondary N) is 2. The van der Waals surface area contributed by atoms with Gasteiger partial charge in [0.2, 0.25) is 21.9 Å². The molecule has 0 bridgehead atoms. The van der Waals surface area contributed by atoms with Crippen molar-refractivity contribution in [1.29, 1.82) is 0 Å². The molecule has 1 fully saturated rings. The Hall–Kier alpha value is -4.16.